The fraction of sp³-hybridized carbons (Fsp3) is 0.600. The van der Waals surface area contributed by atoms with E-state index >= 15 is 0 Å². The first-order chi connectivity index (χ1) is 7.80. The van der Waals surface area contributed by atoms with Crippen molar-refractivity contribution in [3.63, 3.8) is 0 Å². The predicted molar refractivity (Wildman–Crippen MR) is 71.9 cm³/mol. The highest BCUT2D eigenvalue weighted by Gasteiger charge is 2.04. The van der Waals surface area contributed by atoms with Gasteiger partial charge >= 0.3 is 0 Å². The van der Waals surface area contributed by atoms with Crippen molar-refractivity contribution in [2.75, 3.05) is 7.05 Å². The number of rotatable bonds is 7. The third-order valence-corrected chi connectivity index (χ3v) is 3.23. The smallest absolute Gasteiger partial charge is 0.00671 e. The van der Waals surface area contributed by atoms with Crippen molar-refractivity contribution in [3.8, 4) is 0 Å². The first-order valence-corrected chi connectivity index (χ1v) is 6.55. The first-order valence-electron chi connectivity index (χ1n) is 6.55. The minimum absolute atomic E-state index is 0.676. The maximum atomic E-state index is 3.40. The van der Waals surface area contributed by atoms with Crippen LogP contribution in [0, 0.1) is 0 Å². The van der Waals surface area contributed by atoms with Gasteiger partial charge in [-0.15, -0.1) is 0 Å². The van der Waals surface area contributed by atoms with Crippen LogP contribution in [-0.2, 0) is 12.8 Å². The molecule has 1 heteroatoms. The molecule has 1 rings (SSSR count). The summed E-state index contributed by atoms with van der Waals surface area (Å²) < 4.78 is 0. The van der Waals surface area contributed by atoms with E-state index in [1.807, 2.05) is 0 Å². The molecule has 1 N–H and O–H groups in total. The van der Waals surface area contributed by atoms with Crippen LogP contribution >= 0.6 is 0 Å². The average Bonchev–Trinajstić information content (AvgIpc) is 2.34. The molecule has 1 atom stereocenters. The Hall–Kier alpha value is -0.820. The summed E-state index contributed by atoms with van der Waals surface area (Å²) in [6, 6.07) is 9.67. The Kier molecular flexibility index (Phi) is 6.17. The number of nitrogens with one attached hydrogen (secondary N) is 1. The zero-order chi connectivity index (χ0) is 11.8. The van der Waals surface area contributed by atoms with Crippen LogP contribution in [-0.4, -0.2) is 13.1 Å². The normalized spacial score (nSPS) is 12.7. The molecule has 1 unspecified atom stereocenters. The van der Waals surface area contributed by atoms with Crippen LogP contribution < -0.4 is 5.32 Å². The molecule has 0 aliphatic carbocycles. The molecule has 0 fully saturated rings. The lowest BCUT2D eigenvalue weighted by molar-refractivity contribution is 0.484. The summed E-state index contributed by atoms with van der Waals surface area (Å²) in [5.74, 6) is 0. The van der Waals surface area contributed by atoms with Crippen LogP contribution in [0.3, 0.4) is 0 Å². The largest absolute Gasteiger partial charge is 0.317 e. The van der Waals surface area contributed by atoms with Crippen LogP contribution in [0.4, 0.5) is 0 Å². The van der Waals surface area contributed by atoms with Gasteiger partial charge in [-0.2, -0.15) is 0 Å². The van der Waals surface area contributed by atoms with Gasteiger partial charge in [0.25, 0.3) is 0 Å². The molecule has 1 aromatic carbocycles. The van der Waals surface area contributed by atoms with Crippen molar-refractivity contribution in [3.05, 3.63) is 35.4 Å². The molecule has 0 aliphatic rings. The van der Waals surface area contributed by atoms with Gasteiger partial charge in [0, 0.05) is 6.04 Å². The summed E-state index contributed by atoms with van der Waals surface area (Å²) >= 11 is 0. The van der Waals surface area contributed by atoms with Gasteiger partial charge in [-0.1, -0.05) is 44.5 Å². The summed E-state index contributed by atoms with van der Waals surface area (Å²) in [7, 11) is 2.07. The third-order valence-electron chi connectivity index (χ3n) is 3.23. The summed E-state index contributed by atoms with van der Waals surface area (Å²) in [4.78, 5) is 0. The van der Waals surface area contributed by atoms with Gasteiger partial charge in [-0.05, 0) is 43.9 Å². The second kappa shape index (κ2) is 7.45. The van der Waals surface area contributed by atoms with Crippen molar-refractivity contribution in [2.45, 2.75) is 52.0 Å². The predicted octanol–water partition coefficient (Wildman–Crippen LogP) is 3.57. The molecule has 0 radical (unpaired) electrons. The summed E-state index contributed by atoms with van der Waals surface area (Å²) in [6.07, 6.45) is 6.12. The molecule has 90 valence electrons. The molecule has 0 bridgehead atoms. The van der Waals surface area contributed by atoms with Gasteiger partial charge in [0.05, 0.1) is 0 Å². The van der Waals surface area contributed by atoms with Crippen LogP contribution in [0.2, 0.25) is 0 Å². The average molecular weight is 219 g/mol. The monoisotopic (exact) mass is 219 g/mol. The quantitative estimate of drug-likeness (QED) is 0.739. The molecule has 0 heterocycles. The third kappa shape index (κ3) is 4.36. The molecular weight excluding hydrogens is 194 g/mol. The second-order valence-corrected chi connectivity index (χ2v) is 4.49. The maximum Gasteiger partial charge on any atom is 0.00671 e. The fourth-order valence-corrected chi connectivity index (χ4v) is 2.13. The molecule has 0 saturated carbocycles. The highest BCUT2D eigenvalue weighted by Crippen LogP contribution is 2.11. The number of hydrogen-bond donors (Lipinski definition) is 1. The number of hydrogen-bond acceptors (Lipinski definition) is 1. The van der Waals surface area contributed by atoms with E-state index < -0.39 is 0 Å². The van der Waals surface area contributed by atoms with E-state index in [2.05, 4.69) is 50.5 Å². The van der Waals surface area contributed by atoms with E-state index in [-0.39, 0.29) is 0 Å². The minimum Gasteiger partial charge on any atom is -0.317 e. The Morgan fingerprint density at radius 1 is 1.12 bits per heavy atom. The Morgan fingerprint density at radius 2 is 1.88 bits per heavy atom. The molecule has 1 aromatic rings. The van der Waals surface area contributed by atoms with E-state index in [1.165, 1.54) is 36.8 Å². The highest BCUT2D eigenvalue weighted by atomic mass is 14.9. The van der Waals surface area contributed by atoms with Crippen LogP contribution in [0.25, 0.3) is 0 Å². The van der Waals surface area contributed by atoms with Crippen molar-refractivity contribution < 1.29 is 0 Å². The highest BCUT2D eigenvalue weighted by molar-refractivity contribution is 5.23. The van der Waals surface area contributed by atoms with E-state index in [0.29, 0.717) is 6.04 Å². The van der Waals surface area contributed by atoms with Crippen LogP contribution in [0.5, 0.6) is 0 Å². The van der Waals surface area contributed by atoms with E-state index in [1.54, 1.807) is 0 Å². The van der Waals surface area contributed by atoms with Gasteiger partial charge in [0.15, 0.2) is 0 Å². The molecule has 0 spiro atoms. The Morgan fingerprint density at radius 3 is 2.50 bits per heavy atom. The molecular formula is C15H25N. The zero-order valence-corrected chi connectivity index (χ0v) is 10.9. The Labute approximate surface area is 100 Å². The molecule has 1 nitrogen and oxygen atoms in total. The van der Waals surface area contributed by atoms with E-state index in [9.17, 15) is 0 Å². The van der Waals surface area contributed by atoms with Gasteiger partial charge in [-0.25, -0.2) is 0 Å². The van der Waals surface area contributed by atoms with Crippen molar-refractivity contribution in [1.29, 1.82) is 0 Å². The lowest BCUT2D eigenvalue weighted by atomic mass is 10.0. The topological polar surface area (TPSA) is 12.0 Å². The van der Waals surface area contributed by atoms with E-state index in [4.69, 9.17) is 0 Å². The standard InChI is InChI=1S/C15H25N/c1-4-7-15(16-3)11-10-14-9-6-8-13(5-2)12-14/h6,8-9,12,15-16H,4-5,7,10-11H2,1-3H3. The lowest BCUT2D eigenvalue weighted by Gasteiger charge is -2.15. The van der Waals surface area contributed by atoms with Gasteiger partial charge < -0.3 is 5.32 Å². The molecule has 0 aromatic heterocycles. The Balaban J connectivity index is 2.46. The molecule has 0 amide bonds. The summed E-state index contributed by atoms with van der Waals surface area (Å²) in [6.45, 7) is 4.47. The number of benzene rings is 1. The van der Waals surface area contributed by atoms with Gasteiger partial charge in [0.2, 0.25) is 0 Å². The lowest BCUT2D eigenvalue weighted by Crippen LogP contribution is -2.25. The molecule has 16 heavy (non-hydrogen) atoms. The molecule has 0 aliphatic heterocycles. The van der Waals surface area contributed by atoms with Crippen molar-refractivity contribution in [1.82, 2.24) is 5.32 Å². The zero-order valence-electron chi connectivity index (χ0n) is 10.9. The summed E-state index contributed by atoms with van der Waals surface area (Å²) in [5, 5.41) is 3.40. The number of aryl methyl sites for hydroxylation is 2. The van der Waals surface area contributed by atoms with Gasteiger partial charge in [-0.3, -0.25) is 0 Å². The van der Waals surface area contributed by atoms with Crippen molar-refractivity contribution >= 4 is 0 Å². The first kappa shape index (κ1) is 13.2. The van der Waals surface area contributed by atoms with E-state index in [0.717, 1.165) is 6.42 Å². The van der Waals surface area contributed by atoms with Crippen molar-refractivity contribution in [2.24, 2.45) is 0 Å². The second-order valence-electron chi connectivity index (χ2n) is 4.49. The minimum atomic E-state index is 0.676. The molecule has 0 saturated heterocycles. The van der Waals surface area contributed by atoms with Crippen LogP contribution in [0.1, 0.15) is 44.2 Å². The van der Waals surface area contributed by atoms with Crippen LogP contribution in [0.15, 0.2) is 24.3 Å². The fourth-order valence-electron chi connectivity index (χ4n) is 2.13. The SMILES string of the molecule is CCCC(CCc1cccc(CC)c1)NC. The summed E-state index contributed by atoms with van der Waals surface area (Å²) in [5.41, 5.74) is 2.93. The van der Waals surface area contributed by atoms with Gasteiger partial charge in [0.1, 0.15) is 0 Å². The maximum absolute atomic E-state index is 3.40. The Bertz CT molecular complexity index is 293.